The van der Waals surface area contributed by atoms with Crippen molar-refractivity contribution in [2.75, 3.05) is 7.11 Å². The van der Waals surface area contributed by atoms with Gasteiger partial charge in [0.15, 0.2) is 0 Å². The average molecular weight is 208 g/mol. The maximum atomic E-state index is 10.9. The van der Waals surface area contributed by atoms with Crippen molar-refractivity contribution in [3.05, 3.63) is 35.4 Å². The molecule has 1 aromatic carbocycles. The van der Waals surface area contributed by atoms with E-state index in [1.165, 1.54) is 7.11 Å². The summed E-state index contributed by atoms with van der Waals surface area (Å²) in [7, 11) is 1.35. The molecule has 0 radical (unpaired) electrons. The van der Waals surface area contributed by atoms with Crippen molar-refractivity contribution in [1.29, 1.82) is 0 Å². The predicted octanol–water partition coefficient (Wildman–Crippen LogP) is 1.98. The molecule has 1 rings (SSSR count). The number of hydrogen-bond acceptors (Lipinski definition) is 3. The second-order valence-corrected chi connectivity index (χ2v) is 3.54. The molecule has 0 heterocycles. The highest BCUT2D eigenvalue weighted by Crippen LogP contribution is 2.18. The van der Waals surface area contributed by atoms with E-state index in [0.717, 1.165) is 11.1 Å². The Morgan fingerprint density at radius 2 is 2.00 bits per heavy atom. The molecule has 1 aromatic rings. The highest BCUT2D eigenvalue weighted by molar-refractivity contribution is 5.69. The monoisotopic (exact) mass is 208 g/mol. The van der Waals surface area contributed by atoms with Crippen LogP contribution in [-0.2, 0) is 9.53 Å². The van der Waals surface area contributed by atoms with Gasteiger partial charge in [0, 0.05) is 6.42 Å². The lowest BCUT2D eigenvalue weighted by molar-refractivity contribution is -0.141. The van der Waals surface area contributed by atoms with Crippen molar-refractivity contribution in [2.45, 2.75) is 25.9 Å². The molecule has 1 atom stereocenters. The number of aliphatic hydroxyl groups excluding tert-OH is 1. The first-order chi connectivity index (χ1) is 7.13. The summed E-state index contributed by atoms with van der Waals surface area (Å²) in [6.07, 6.45) is 0.0473. The Morgan fingerprint density at radius 1 is 1.40 bits per heavy atom. The lowest BCUT2D eigenvalue weighted by atomic mass is 10.0. The van der Waals surface area contributed by atoms with Crippen molar-refractivity contribution in [3.8, 4) is 0 Å². The Morgan fingerprint density at radius 3 is 2.53 bits per heavy atom. The van der Waals surface area contributed by atoms with Gasteiger partial charge < -0.3 is 9.84 Å². The average Bonchev–Trinajstić information content (AvgIpc) is 2.26. The highest BCUT2D eigenvalue weighted by Gasteiger charge is 2.09. The van der Waals surface area contributed by atoms with Crippen molar-refractivity contribution >= 4 is 5.97 Å². The SMILES string of the molecule is COC(=O)CCC(O)c1ccc(C)cc1. The third-order valence-corrected chi connectivity index (χ3v) is 2.31. The molecular formula is C12H16O3. The molecule has 0 saturated carbocycles. The molecule has 15 heavy (non-hydrogen) atoms. The van der Waals surface area contributed by atoms with Crippen molar-refractivity contribution in [2.24, 2.45) is 0 Å². The fourth-order valence-corrected chi connectivity index (χ4v) is 1.31. The van der Waals surface area contributed by atoms with Gasteiger partial charge in [0.1, 0.15) is 0 Å². The first-order valence-corrected chi connectivity index (χ1v) is 4.95. The summed E-state index contributed by atoms with van der Waals surface area (Å²) in [5, 5.41) is 9.75. The van der Waals surface area contributed by atoms with Gasteiger partial charge in [-0.1, -0.05) is 29.8 Å². The number of benzene rings is 1. The van der Waals surface area contributed by atoms with Crippen LogP contribution in [0.5, 0.6) is 0 Å². The third kappa shape index (κ3) is 3.72. The summed E-state index contributed by atoms with van der Waals surface area (Å²) < 4.78 is 4.51. The number of carbonyl (C=O) groups excluding carboxylic acids is 1. The van der Waals surface area contributed by atoms with Crippen LogP contribution in [0, 0.1) is 6.92 Å². The number of hydrogen-bond donors (Lipinski definition) is 1. The number of rotatable bonds is 4. The van der Waals surface area contributed by atoms with Gasteiger partial charge in [-0.15, -0.1) is 0 Å². The van der Waals surface area contributed by atoms with E-state index in [1.807, 2.05) is 31.2 Å². The van der Waals surface area contributed by atoms with Crippen LogP contribution in [0.15, 0.2) is 24.3 Å². The Balaban J connectivity index is 2.50. The molecule has 3 heteroatoms. The van der Waals surface area contributed by atoms with Gasteiger partial charge in [-0.05, 0) is 18.9 Å². The molecule has 0 aliphatic carbocycles. The van der Waals surface area contributed by atoms with Crippen LogP contribution in [0.1, 0.15) is 30.1 Å². The minimum atomic E-state index is -0.593. The zero-order chi connectivity index (χ0) is 11.3. The number of carbonyl (C=O) groups is 1. The Kier molecular flexibility index (Phi) is 4.31. The molecule has 0 aromatic heterocycles. The molecule has 0 aliphatic heterocycles. The van der Waals surface area contributed by atoms with Gasteiger partial charge in [-0.3, -0.25) is 4.79 Å². The van der Waals surface area contributed by atoms with Gasteiger partial charge in [0.2, 0.25) is 0 Å². The smallest absolute Gasteiger partial charge is 0.305 e. The van der Waals surface area contributed by atoms with Crippen LogP contribution in [0.2, 0.25) is 0 Å². The van der Waals surface area contributed by atoms with E-state index in [2.05, 4.69) is 4.74 Å². The van der Waals surface area contributed by atoms with E-state index in [-0.39, 0.29) is 12.4 Å². The van der Waals surface area contributed by atoms with Crippen molar-refractivity contribution in [3.63, 3.8) is 0 Å². The summed E-state index contributed by atoms with van der Waals surface area (Å²) in [6.45, 7) is 1.99. The Bertz CT molecular complexity index is 316. The van der Waals surface area contributed by atoms with E-state index < -0.39 is 6.10 Å². The standard InChI is InChI=1S/C12H16O3/c1-9-3-5-10(6-4-9)11(13)7-8-12(14)15-2/h3-6,11,13H,7-8H2,1-2H3. The largest absolute Gasteiger partial charge is 0.469 e. The van der Waals surface area contributed by atoms with Crippen LogP contribution in [0.3, 0.4) is 0 Å². The van der Waals surface area contributed by atoms with Crippen molar-refractivity contribution in [1.82, 2.24) is 0 Å². The van der Waals surface area contributed by atoms with Crippen LogP contribution >= 0.6 is 0 Å². The van der Waals surface area contributed by atoms with Crippen LogP contribution in [0.4, 0.5) is 0 Å². The van der Waals surface area contributed by atoms with E-state index in [9.17, 15) is 9.90 Å². The number of aliphatic hydroxyl groups is 1. The summed E-state index contributed by atoms with van der Waals surface area (Å²) in [4.78, 5) is 10.9. The molecule has 0 amide bonds. The highest BCUT2D eigenvalue weighted by atomic mass is 16.5. The second kappa shape index (κ2) is 5.51. The van der Waals surface area contributed by atoms with Gasteiger partial charge in [-0.25, -0.2) is 0 Å². The minimum Gasteiger partial charge on any atom is -0.469 e. The van der Waals surface area contributed by atoms with Gasteiger partial charge in [0.25, 0.3) is 0 Å². The van der Waals surface area contributed by atoms with Crippen LogP contribution < -0.4 is 0 Å². The third-order valence-electron chi connectivity index (χ3n) is 2.31. The van der Waals surface area contributed by atoms with Gasteiger partial charge in [0.05, 0.1) is 13.2 Å². The zero-order valence-electron chi connectivity index (χ0n) is 9.06. The maximum Gasteiger partial charge on any atom is 0.305 e. The molecule has 82 valence electrons. The van der Waals surface area contributed by atoms with Crippen molar-refractivity contribution < 1.29 is 14.6 Å². The molecule has 1 N–H and O–H groups in total. The van der Waals surface area contributed by atoms with Gasteiger partial charge >= 0.3 is 5.97 Å². The fraction of sp³-hybridized carbons (Fsp3) is 0.417. The lowest BCUT2D eigenvalue weighted by Gasteiger charge is -2.10. The lowest BCUT2D eigenvalue weighted by Crippen LogP contribution is -2.04. The van der Waals surface area contributed by atoms with Gasteiger partial charge in [-0.2, -0.15) is 0 Å². The van der Waals surface area contributed by atoms with E-state index >= 15 is 0 Å². The second-order valence-electron chi connectivity index (χ2n) is 3.54. The summed E-state index contributed by atoms with van der Waals surface area (Å²) in [5.74, 6) is -0.291. The maximum absolute atomic E-state index is 10.9. The van der Waals surface area contributed by atoms with Crippen LogP contribution in [0.25, 0.3) is 0 Å². The molecular weight excluding hydrogens is 192 g/mol. The normalized spacial score (nSPS) is 12.2. The number of ether oxygens (including phenoxy) is 1. The summed E-state index contributed by atoms with van der Waals surface area (Å²) in [6, 6.07) is 7.63. The fourth-order valence-electron chi connectivity index (χ4n) is 1.31. The number of esters is 1. The zero-order valence-corrected chi connectivity index (χ0v) is 9.06. The molecule has 0 saturated heterocycles. The summed E-state index contributed by atoms with van der Waals surface area (Å²) >= 11 is 0. The topological polar surface area (TPSA) is 46.5 Å². The van der Waals surface area contributed by atoms with E-state index in [4.69, 9.17) is 0 Å². The quantitative estimate of drug-likeness (QED) is 0.769. The number of methoxy groups -OCH3 is 1. The van der Waals surface area contributed by atoms with E-state index in [0.29, 0.717) is 6.42 Å². The molecule has 0 aliphatic rings. The first-order valence-electron chi connectivity index (χ1n) is 4.95. The number of aryl methyl sites for hydroxylation is 1. The van der Waals surface area contributed by atoms with E-state index in [1.54, 1.807) is 0 Å². The predicted molar refractivity (Wildman–Crippen MR) is 57.4 cm³/mol. The molecule has 1 unspecified atom stereocenters. The van der Waals surface area contributed by atoms with Crippen LogP contribution in [-0.4, -0.2) is 18.2 Å². The first kappa shape index (κ1) is 11.7. The molecule has 0 fully saturated rings. The Labute approximate surface area is 89.7 Å². The summed E-state index contributed by atoms with van der Waals surface area (Å²) in [5.41, 5.74) is 1.99. The Hall–Kier alpha value is -1.35. The molecule has 3 nitrogen and oxygen atoms in total. The minimum absolute atomic E-state index is 0.242. The molecule has 0 bridgehead atoms. The molecule has 0 spiro atoms.